The van der Waals surface area contributed by atoms with E-state index in [1.54, 1.807) is 13.3 Å². The molecule has 0 atom stereocenters. The van der Waals surface area contributed by atoms with Crippen molar-refractivity contribution in [3.63, 3.8) is 0 Å². The fraction of sp³-hybridized carbons (Fsp3) is 0.318. The molecule has 2 aromatic heterocycles. The quantitative estimate of drug-likeness (QED) is 0.694. The van der Waals surface area contributed by atoms with Gasteiger partial charge in [-0.15, -0.1) is 0 Å². The van der Waals surface area contributed by atoms with Gasteiger partial charge in [0.2, 0.25) is 5.95 Å². The molecule has 1 aliphatic rings. The number of hydrogen-bond acceptors (Lipinski definition) is 7. The number of anilines is 3. The topological polar surface area (TPSA) is 66.4 Å². The lowest BCUT2D eigenvalue weighted by molar-refractivity contribution is 0.413. The van der Waals surface area contributed by atoms with Gasteiger partial charge in [-0.1, -0.05) is 18.2 Å². The lowest BCUT2D eigenvalue weighted by atomic mass is 10.2. The zero-order valence-corrected chi connectivity index (χ0v) is 16.9. The molecule has 0 bridgehead atoms. The first-order chi connectivity index (χ1) is 14.2. The second-order valence-corrected chi connectivity index (χ2v) is 7.05. The van der Waals surface area contributed by atoms with Crippen LogP contribution in [0.2, 0.25) is 0 Å². The molecule has 7 nitrogen and oxygen atoms in total. The standard InChI is InChI=1S/C22H26N6O/c1-17-14-21(26-22(25-17)24-16-18-6-5-9-23-15-18)28-12-10-27(11-13-28)19-7-3-4-8-20(19)29-2/h3-9,14-15H,10-13,16H2,1-2H3,(H,24,25,26). The van der Waals surface area contributed by atoms with E-state index < -0.39 is 0 Å². The summed E-state index contributed by atoms with van der Waals surface area (Å²) >= 11 is 0. The number of ether oxygens (including phenoxy) is 1. The highest BCUT2D eigenvalue weighted by Crippen LogP contribution is 2.29. The average molecular weight is 390 g/mol. The summed E-state index contributed by atoms with van der Waals surface area (Å²) in [5.74, 6) is 2.53. The number of pyridine rings is 1. The predicted octanol–water partition coefficient (Wildman–Crippen LogP) is 3.13. The van der Waals surface area contributed by atoms with Crippen LogP contribution in [0.1, 0.15) is 11.3 Å². The Hall–Kier alpha value is -3.35. The second-order valence-electron chi connectivity index (χ2n) is 7.05. The minimum absolute atomic E-state index is 0.649. The number of hydrogen-bond donors (Lipinski definition) is 1. The van der Waals surface area contributed by atoms with Crippen molar-refractivity contribution in [1.29, 1.82) is 0 Å². The summed E-state index contributed by atoms with van der Waals surface area (Å²) in [5, 5.41) is 3.32. The fourth-order valence-electron chi connectivity index (χ4n) is 3.54. The Labute approximate surface area is 171 Å². The minimum atomic E-state index is 0.649. The Morgan fingerprint density at radius 2 is 1.79 bits per heavy atom. The Bertz CT molecular complexity index is 941. The molecule has 0 spiro atoms. The Kier molecular flexibility index (Phi) is 5.74. The molecule has 3 heterocycles. The number of nitrogens with zero attached hydrogens (tertiary/aromatic N) is 5. The van der Waals surface area contributed by atoms with Crippen molar-refractivity contribution in [2.45, 2.75) is 13.5 Å². The molecule has 0 aliphatic carbocycles. The van der Waals surface area contributed by atoms with Crippen LogP contribution in [0, 0.1) is 6.92 Å². The van der Waals surface area contributed by atoms with Gasteiger partial charge in [0, 0.05) is 56.9 Å². The largest absolute Gasteiger partial charge is 0.495 e. The predicted molar refractivity (Wildman–Crippen MR) is 116 cm³/mol. The molecule has 1 aliphatic heterocycles. The Balaban J connectivity index is 1.42. The molecule has 3 aromatic rings. The molecule has 29 heavy (non-hydrogen) atoms. The van der Waals surface area contributed by atoms with Crippen LogP contribution in [0.4, 0.5) is 17.5 Å². The van der Waals surface area contributed by atoms with Crippen molar-refractivity contribution in [3.05, 3.63) is 66.1 Å². The van der Waals surface area contributed by atoms with E-state index in [1.807, 2.05) is 43.5 Å². The van der Waals surface area contributed by atoms with E-state index in [0.29, 0.717) is 12.5 Å². The highest BCUT2D eigenvalue weighted by molar-refractivity contribution is 5.59. The van der Waals surface area contributed by atoms with Gasteiger partial charge in [0.15, 0.2) is 0 Å². The summed E-state index contributed by atoms with van der Waals surface area (Å²) in [7, 11) is 1.72. The molecule has 7 heteroatoms. The van der Waals surface area contributed by atoms with Gasteiger partial charge in [-0.2, -0.15) is 4.98 Å². The third-order valence-electron chi connectivity index (χ3n) is 5.04. The smallest absolute Gasteiger partial charge is 0.225 e. The number of nitrogens with one attached hydrogen (secondary N) is 1. The monoisotopic (exact) mass is 390 g/mol. The van der Waals surface area contributed by atoms with E-state index in [-0.39, 0.29) is 0 Å². The van der Waals surface area contributed by atoms with Gasteiger partial charge >= 0.3 is 0 Å². The maximum Gasteiger partial charge on any atom is 0.225 e. The molecule has 0 unspecified atom stereocenters. The number of aryl methyl sites for hydroxylation is 1. The van der Waals surface area contributed by atoms with Gasteiger partial charge in [0.1, 0.15) is 11.6 Å². The van der Waals surface area contributed by atoms with Gasteiger partial charge in [-0.25, -0.2) is 4.98 Å². The number of piperazine rings is 1. The Morgan fingerprint density at radius 3 is 2.55 bits per heavy atom. The number of para-hydroxylation sites is 2. The maximum atomic E-state index is 5.52. The van der Waals surface area contributed by atoms with Crippen LogP contribution < -0.4 is 19.9 Å². The van der Waals surface area contributed by atoms with Gasteiger partial charge in [0.25, 0.3) is 0 Å². The number of benzene rings is 1. The first-order valence-corrected chi connectivity index (χ1v) is 9.84. The van der Waals surface area contributed by atoms with Crippen molar-refractivity contribution < 1.29 is 4.74 Å². The fourth-order valence-corrected chi connectivity index (χ4v) is 3.54. The van der Waals surface area contributed by atoms with Crippen molar-refractivity contribution >= 4 is 17.5 Å². The Morgan fingerprint density at radius 1 is 1.00 bits per heavy atom. The summed E-state index contributed by atoms with van der Waals surface area (Å²) in [6.07, 6.45) is 3.62. The van der Waals surface area contributed by atoms with Gasteiger partial charge in [-0.3, -0.25) is 4.98 Å². The third kappa shape index (κ3) is 4.56. The first kappa shape index (κ1) is 19.0. The lowest BCUT2D eigenvalue weighted by Gasteiger charge is -2.37. The normalized spacial score (nSPS) is 14.0. The van der Waals surface area contributed by atoms with E-state index in [9.17, 15) is 0 Å². The molecular formula is C22H26N6O. The van der Waals surface area contributed by atoms with Crippen LogP contribution in [0.25, 0.3) is 0 Å². The highest BCUT2D eigenvalue weighted by Gasteiger charge is 2.21. The SMILES string of the molecule is COc1ccccc1N1CCN(c2cc(C)nc(NCc3cccnc3)n2)CC1. The summed E-state index contributed by atoms with van der Waals surface area (Å²) in [5.41, 5.74) is 3.20. The van der Waals surface area contributed by atoms with E-state index in [0.717, 1.165) is 54.7 Å². The van der Waals surface area contributed by atoms with Crippen molar-refractivity contribution in [3.8, 4) is 5.75 Å². The zero-order chi connectivity index (χ0) is 20.1. The van der Waals surface area contributed by atoms with E-state index in [2.05, 4.69) is 37.2 Å². The summed E-state index contributed by atoms with van der Waals surface area (Å²) in [4.78, 5) is 18.1. The van der Waals surface area contributed by atoms with Crippen LogP contribution in [0.5, 0.6) is 5.75 Å². The van der Waals surface area contributed by atoms with E-state index in [1.165, 1.54) is 0 Å². The maximum absolute atomic E-state index is 5.52. The molecular weight excluding hydrogens is 364 g/mol. The summed E-state index contributed by atoms with van der Waals surface area (Å²) in [6.45, 7) is 6.29. The van der Waals surface area contributed by atoms with Crippen molar-refractivity contribution in [2.24, 2.45) is 0 Å². The number of aromatic nitrogens is 3. The molecule has 1 aromatic carbocycles. The van der Waals surface area contributed by atoms with Crippen molar-refractivity contribution in [2.75, 3.05) is 48.4 Å². The molecule has 1 fully saturated rings. The van der Waals surface area contributed by atoms with Crippen LogP contribution in [0.15, 0.2) is 54.9 Å². The molecule has 4 rings (SSSR count). The molecule has 1 saturated heterocycles. The number of methoxy groups -OCH3 is 1. The molecule has 0 amide bonds. The minimum Gasteiger partial charge on any atom is -0.495 e. The summed E-state index contributed by atoms with van der Waals surface area (Å²) < 4.78 is 5.52. The lowest BCUT2D eigenvalue weighted by Crippen LogP contribution is -2.47. The second kappa shape index (κ2) is 8.77. The highest BCUT2D eigenvalue weighted by atomic mass is 16.5. The average Bonchev–Trinajstić information content (AvgIpc) is 2.78. The van der Waals surface area contributed by atoms with Crippen LogP contribution in [-0.4, -0.2) is 48.2 Å². The first-order valence-electron chi connectivity index (χ1n) is 9.84. The van der Waals surface area contributed by atoms with Crippen LogP contribution >= 0.6 is 0 Å². The zero-order valence-electron chi connectivity index (χ0n) is 16.9. The third-order valence-corrected chi connectivity index (χ3v) is 5.04. The van der Waals surface area contributed by atoms with Crippen LogP contribution in [-0.2, 0) is 6.54 Å². The van der Waals surface area contributed by atoms with Gasteiger partial charge < -0.3 is 19.9 Å². The molecule has 1 N–H and O–H groups in total. The summed E-state index contributed by atoms with van der Waals surface area (Å²) in [6, 6.07) is 14.2. The van der Waals surface area contributed by atoms with E-state index in [4.69, 9.17) is 9.72 Å². The van der Waals surface area contributed by atoms with E-state index >= 15 is 0 Å². The van der Waals surface area contributed by atoms with Gasteiger partial charge in [-0.05, 0) is 30.7 Å². The molecule has 150 valence electrons. The van der Waals surface area contributed by atoms with Gasteiger partial charge in [0.05, 0.1) is 12.8 Å². The molecule has 0 saturated carbocycles. The molecule has 0 radical (unpaired) electrons. The van der Waals surface area contributed by atoms with Crippen molar-refractivity contribution in [1.82, 2.24) is 15.0 Å². The van der Waals surface area contributed by atoms with Crippen LogP contribution in [0.3, 0.4) is 0 Å². The number of rotatable bonds is 6.